The van der Waals surface area contributed by atoms with Gasteiger partial charge in [0.2, 0.25) is 6.79 Å². The summed E-state index contributed by atoms with van der Waals surface area (Å²) < 4.78 is 11.7. The molecule has 0 saturated heterocycles. The summed E-state index contributed by atoms with van der Waals surface area (Å²) in [4.78, 5) is 9.09. The Balaban J connectivity index is 1.82. The van der Waals surface area contributed by atoms with Crippen LogP contribution >= 0.6 is 15.9 Å². The molecule has 7 heteroatoms. The minimum atomic E-state index is 0.232. The van der Waals surface area contributed by atoms with Crippen LogP contribution < -0.4 is 20.7 Å². The molecule has 2 aromatic rings. The first-order valence-electron chi connectivity index (χ1n) is 6.69. The van der Waals surface area contributed by atoms with Crippen molar-refractivity contribution in [3.8, 4) is 22.9 Å². The number of ether oxygens (including phenoxy) is 2. The molecule has 1 aromatic carbocycles. The van der Waals surface area contributed by atoms with Gasteiger partial charge in [-0.25, -0.2) is 15.8 Å². The Kier molecular flexibility index (Phi) is 2.97. The Bertz CT molecular complexity index is 718. The molecule has 3 N–H and O–H groups in total. The summed E-state index contributed by atoms with van der Waals surface area (Å²) in [6, 6.07) is 5.72. The maximum atomic E-state index is 5.51. The molecule has 0 radical (unpaired) electrons. The number of hydrazine groups is 1. The average molecular weight is 349 g/mol. The normalized spacial score (nSPS) is 16.1. The summed E-state index contributed by atoms with van der Waals surface area (Å²) in [7, 11) is 0. The Morgan fingerprint density at radius 3 is 2.81 bits per heavy atom. The van der Waals surface area contributed by atoms with E-state index in [0.717, 1.165) is 15.7 Å². The SMILES string of the molecule is NNc1cc(C2CC2)nc(-c2cc(Br)c3c(c2)OCO3)n1. The largest absolute Gasteiger partial charge is 0.454 e. The minimum absolute atomic E-state index is 0.232. The van der Waals surface area contributed by atoms with Crippen LogP contribution in [0.1, 0.15) is 24.5 Å². The molecule has 0 amide bonds. The number of benzene rings is 1. The van der Waals surface area contributed by atoms with Crippen molar-refractivity contribution in [1.29, 1.82) is 0 Å². The van der Waals surface area contributed by atoms with Gasteiger partial charge in [0.05, 0.1) is 4.47 Å². The summed E-state index contributed by atoms with van der Waals surface area (Å²) in [5.41, 5.74) is 4.50. The number of nitrogens with zero attached hydrogens (tertiary/aromatic N) is 2. The lowest BCUT2D eigenvalue weighted by molar-refractivity contribution is 0.173. The van der Waals surface area contributed by atoms with Crippen molar-refractivity contribution in [2.75, 3.05) is 12.2 Å². The Morgan fingerprint density at radius 1 is 1.19 bits per heavy atom. The highest BCUT2D eigenvalue weighted by molar-refractivity contribution is 9.10. The van der Waals surface area contributed by atoms with Crippen LogP contribution in [0.3, 0.4) is 0 Å². The van der Waals surface area contributed by atoms with Gasteiger partial charge in [-0.15, -0.1) is 0 Å². The molecule has 2 heterocycles. The molecular formula is C14H13BrN4O2. The van der Waals surface area contributed by atoms with Gasteiger partial charge in [0.1, 0.15) is 5.82 Å². The van der Waals surface area contributed by atoms with E-state index in [4.69, 9.17) is 15.3 Å². The quantitative estimate of drug-likeness (QED) is 0.655. The number of aromatic nitrogens is 2. The van der Waals surface area contributed by atoms with E-state index < -0.39 is 0 Å². The fourth-order valence-electron chi connectivity index (χ4n) is 2.35. The molecule has 0 bridgehead atoms. The molecule has 1 saturated carbocycles. The van der Waals surface area contributed by atoms with Crippen molar-refractivity contribution in [2.24, 2.45) is 5.84 Å². The fraction of sp³-hybridized carbons (Fsp3) is 0.286. The van der Waals surface area contributed by atoms with Crippen molar-refractivity contribution in [1.82, 2.24) is 9.97 Å². The molecule has 6 nitrogen and oxygen atoms in total. The molecule has 1 aliphatic heterocycles. The Hall–Kier alpha value is -1.86. The highest BCUT2D eigenvalue weighted by Crippen LogP contribution is 2.43. The standard InChI is InChI=1S/C14H13BrN4O2/c15-9-3-8(4-11-13(9)21-6-20-11)14-17-10(7-1-2-7)5-12(18-14)19-16/h3-5,7H,1-2,6,16H2,(H,17,18,19). The number of nitrogens with two attached hydrogens (primary N) is 1. The van der Waals surface area contributed by atoms with Crippen LogP contribution in [0.25, 0.3) is 11.4 Å². The van der Waals surface area contributed by atoms with E-state index in [0.29, 0.717) is 29.1 Å². The van der Waals surface area contributed by atoms with Crippen molar-refractivity contribution >= 4 is 21.7 Å². The molecular weight excluding hydrogens is 336 g/mol. The summed E-state index contributed by atoms with van der Waals surface area (Å²) in [6.45, 7) is 0.232. The second kappa shape index (κ2) is 4.85. The molecule has 4 rings (SSSR count). The van der Waals surface area contributed by atoms with Gasteiger partial charge in [-0.3, -0.25) is 0 Å². The molecule has 108 valence electrons. The third-order valence-electron chi connectivity index (χ3n) is 3.57. The van der Waals surface area contributed by atoms with Crippen LogP contribution in [0.15, 0.2) is 22.7 Å². The molecule has 0 spiro atoms. The molecule has 0 atom stereocenters. The monoisotopic (exact) mass is 348 g/mol. The van der Waals surface area contributed by atoms with E-state index >= 15 is 0 Å². The fourth-order valence-corrected chi connectivity index (χ4v) is 2.91. The summed E-state index contributed by atoms with van der Waals surface area (Å²) in [5, 5.41) is 0. The van der Waals surface area contributed by atoms with Crippen LogP contribution in [0.2, 0.25) is 0 Å². The lowest BCUT2D eigenvalue weighted by Gasteiger charge is -2.08. The van der Waals surface area contributed by atoms with Crippen LogP contribution in [0.5, 0.6) is 11.5 Å². The van der Waals surface area contributed by atoms with Gasteiger partial charge in [0.15, 0.2) is 17.3 Å². The summed E-state index contributed by atoms with van der Waals surface area (Å²) in [5.74, 6) is 8.70. The van der Waals surface area contributed by atoms with E-state index in [9.17, 15) is 0 Å². The predicted molar refractivity (Wildman–Crippen MR) is 81.1 cm³/mol. The van der Waals surface area contributed by atoms with Crippen LogP contribution in [-0.4, -0.2) is 16.8 Å². The smallest absolute Gasteiger partial charge is 0.231 e. The minimum Gasteiger partial charge on any atom is -0.454 e. The van der Waals surface area contributed by atoms with Gasteiger partial charge in [0.25, 0.3) is 0 Å². The molecule has 1 fully saturated rings. The van der Waals surface area contributed by atoms with Gasteiger partial charge in [-0.05, 0) is 40.9 Å². The third kappa shape index (κ3) is 2.32. The van der Waals surface area contributed by atoms with E-state index in [1.54, 1.807) is 0 Å². The van der Waals surface area contributed by atoms with Crippen molar-refractivity contribution in [3.63, 3.8) is 0 Å². The first-order chi connectivity index (χ1) is 10.2. The maximum Gasteiger partial charge on any atom is 0.231 e. The zero-order valence-electron chi connectivity index (χ0n) is 11.1. The molecule has 0 unspecified atom stereocenters. The molecule has 2 aliphatic rings. The predicted octanol–water partition coefficient (Wildman–Crippen LogP) is 2.80. The number of nitrogens with one attached hydrogen (secondary N) is 1. The van der Waals surface area contributed by atoms with E-state index in [1.807, 2.05) is 18.2 Å². The summed E-state index contributed by atoms with van der Waals surface area (Å²) in [6.07, 6.45) is 2.34. The number of rotatable bonds is 3. The molecule has 21 heavy (non-hydrogen) atoms. The molecule has 1 aromatic heterocycles. The van der Waals surface area contributed by atoms with E-state index in [2.05, 4.69) is 31.3 Å². The maximum absolute atomic E-state index is 5.51. The third-order valence-corrected chi connectivity index (χ3v) is 4.16. The van der Waals surface area contributed by atoms with E-state index in [-0.39, 0.29) is 6.79 Å². The summed E-state index contributed by atoms with van der Waals surface area (Å²) >= 11 is 3.49. The first kappa shape index (κ1) is 12.8. The number of hydrogen-bond donors (Lipinski definition) is 2. The zero-order chi connectivity index (χ0) is 14.4. The van der Waals surface area contributed by atoms with Gasteiger partial charge in [-0.1, -0.05) is 0 Å². The Labute approximate surface area is 129 Å². The second-order valence-electron chi connectivity index (χ2n) is 5.11. The number of fused-ring (bicyclic) bond motifs is 1. The highest BCUT2D eigenvalue weighted by Gasteiger charge is 2.27. The number of nitrogen functional groups attached to an aromatic ring is 1. The van der Waals surface area contributed by atoms with E-state index in [1.165, 1.54) is 12.8 Å². The Morgan fingerprint density at radius 2 is 2.05 bits per heavy atom. The van der Waals surface area contributed by atoms with Gasteiger partial charge >= 0.3 is 0 Å². The van der Waals surface area contributed by atoms with Crippen LogP contribution in [-0.2, 0) is 0 Å². The number of hydrogen-bond acceptors (Lipinski definition) is 6. The number of anilines is 1. The molecule has 1 aliphatic carbocycles. The van der Waals surface area contributed by atoms with Crippen LogP contribution in [0.4, 0.5) is 5.82 Å². The number of halogens is 1. The topological polar surface area (TPSA) is 82.3 Å². The zero-order valence-corrected chi connectivity index (χ0v) is 12.7. The van der Waals surface area contributed by atoms with Gasteiger partial charge < -0.3 is 14.9 Å². The lowest BCUT2D eigenvalue weighted by Crippen LogP contribution is -2.10. The van der Waals surface area contributed by atoms with Crippen molar-refractivity contribution in [2.45, 2.75) is 18.8 Å². The van der Waals surface area contributed by atoms with Crippen molar-refractivity contribution < 1.29 is 9.47 Å². The van der Waals surface area contributed by atoms with Gasteiger partial charge in [-0.2, -0.15) is 0 Å². The second-order valence-corrected chi connectivity index (χ2v) is 5.97. The highest BCUT2D eigenvalue weighted by atomic mass is 79.9. The van der Waals surface area contributed by atoms with Crippen molar-refractivity contribution in [3.05, 3.63) is 28.4 Å². The average Bonchev–Trinajstić information content (AvgIpc) is 3.24. The lowest BCUT2D eigenvalue weighted by atomic mass is 10.1. The first-order valence-corrected chi connectivity index (χ1v) is 7.49. The van der Waals surface area contributed by atoms with Gasteiger partial charge in [0, 0.05) is 23.2 Å². The van der Waals surface area contributed by atoms with Crippen LogP contribution in [0, 0.1) is 0 Å².